The molecule has 9 heteroatoms. The van der Waals surface area contributed by atoms with Crippen LogP contribution in [0, 0.1) is 5.92 Å². The largest absolute Gasteiger partial charge is 0.494 e. The first kappa shape index (κ1) is 27.8. The molecule has 0 bridgehead atoms. The highest BCUT2D eigenvalue weighted by molar-refractivity contribution is 6.62. The number of likely N-dealkylation sites (tertiary alicyclic amines) is 1. The van der Waals surface area contributed by atoms with Crippen molar-refractivity contribution in [1.29, 1.82) is 0 Å². The smallest absolute Gasteiger partial charge is 0.399 e. The summed E-state index contributed by atoms with van der Waals surface area (Å²) < 4.78 is 17.9. The number of methoxy groups -OCH3 is 1. The zero-order chi connectivity index (χ0) is 27.0. The van der Waals surface area contributed by atoms with E-state index in [9.17, 15) is 4.79 Å². The van der Waals surface area contributed by atoms with E-state index in [1.54, 1.807) is 7.11 Å². The molecule has 2 fully saturated rings. The van der Waals surface area contributed by atoms with Gasteiger partial charge < -0.3 is 23.9 Å². The van der Waals surface area contributed by atoms with Gasteiger partial charge in [0.15, 0.2) is 0 Å². The second kappa shape index (κ2) is 10.9. The molecule has 0 radical (unpaired) electrons. The quantitative estimate of drug-likeness (QED) is 0.391. The van der Waals surface area contributed by atoms with Gasteiger partial charge in [0.2, 0.25) is 5.91 Å². The molecule has 0 spiro atoms. The summed E-state index contributed by atoms with van der Waals surface area (Å²) in [6, 6.07) is 7.84. The molecule has 0 aliphatic carbocycles. The number of benzene rings is 1. The lowest BCUT2D eigenvalue weighted by atomic mass is 9.79. The summed E-state index contributed by atoms with van der Waals surface area (Å²) in [4.78, 5) is 23.8. The Labute approximate surface area is 222 Å². The zero-order valence-electron chi connectivity index (χ0n) is 23.6. The van der Waals surface area contributed by atoms with E-state index in [0.717, 1.165) is 48.4 Å². The van der Waals surface area contributed by atoms with Crippen LogP contribution < -0.4 is 10.8 Å². The highest BCUT2D eigenvalue weighted by atomic mass is 16.7. The van der Waals surface area contributed by atoms with E-state index in [-0.39, 0.29) is 48.5 Å². The third-order valence-corrected chi connectivity index (χ3v) is 8.15. The monoisotopic (exact) mass is 510 g/mol. The molecule has 37 heavy (non-hydrogen) atoms. The zero-order valence-corrected chi connectivity index (χ0v) is 23.6. The third kappa shape index (κ3) is 5.65. The Bertz CT molecular complexity index is 1050. The molecule has 0 saturated carbocycles. The number of rotatable bonds is 9. The number of aromatic nitrogens is 2. The Balaban J connectivity index is 1.48. The molecule has 2 N–H and O–H groups in total. The van der Waals surface area contributed by atoms with Gasteiger partial charge in [-0.05, 0) is 63.9 Å². The fraction of sp³-hybridized carbons (Fsp3) is 0.643. The lowest BCUT2D eigenvalue weighted by Gasteiger charge is -2.32. The molecule has 3 heterocycles. The summed E-state index contributed by atoms with van der Waals surface area (Å²) in [7, 11) is 1.29. The predicted octanol–water partition coefficient (Wildman–Crippen LogP) is 4.04. The van der Waals surface area contributed by atoms with Crippen LogP contribution in [-0.2, 0) is 18.8 Å². The van der Waals surface area contributed by atoms with Crippen molar-refractivity contribution in [2.45, 2.75) is 97.2 Å². The number of nitrogens with one attached hydrogen (secondary N) is 2. The maximum atomic E-state index is 13.6. The molecule has 4 rings (SSSR count). The van der Waals surface area contributed by atoms with Gasteiger partial charge >= 0.3 is 7.12 Å². The number of imidazole rings is 1. The summed E-state index contributed by atoms with van der Waals surface area (Å²) in [6.45, 7) is 15.2. The van der Waals surface area contributed by atoms with Crippen LogP contribution in [0.4, 0.5) is 0 Å². The van der Waals surface area contributed by atoms with Crippen LogP contribution in [0.5, 0.6) is 0 Å². The van der Waals surface area contributed by atoms with Gasteiger partial charge in [-0.3, -0.25) is 10.1 Å². The van der Waals surface area contributed by atoms with Gasteiger partial charge in [0, 0.05) is 13.7 Å². The van der Waals surface area contributed by atoms with Crippen molar-refractivity contribution in [2.75, 3.05) is 13.7 Å². The standard InChI is InChI=1S/C28H43BN4O4/c1-9-23(35-8)32-24(18(2)3)26(34)33-16-10-11-22(33)25-30-17-21(31-25)19-12-14-20(15-13-19)29-36-27(4,5)28(6,7)37-29/h12-15,17-18,22-24,32H,9-11,16H2,1-8H3,(H,30,31)/t22-,23?,24-/m0/s1. The van der Waals surface area contributed by atoms with Crippen molar-refractivity contribution >= 4 is 18.5 Å². The van der Waals surface area contributed by atoms with Crippen molar-refractivity contribution in [1.82, 2.24) is 20.2 Å². The normalized spacial score (nSPS) is 22.6. The number of H-pyrrole nitrogens is 1. The van der Waals surface area contributed by atoms with Crippen LogP contribution in [0.2, 0.25) is 0 Å². The van der Waals surface area contributed by atoms with E-state index in [1.165, 1.54) is 0 Å². The number of hydrogen-bond donors (Lipinski definition) is 2. The molecule has 2 aliphatic rings. The average molecular weight is 510 g/mol. The van der Waals surface area contributed by atoms with E-state index in [1.807, 2.05) is 30.2 Å². The van der Waals surface area contributed by atoms with E-state index < -0.39 is 0 Å². The minimum absolute atomic E-state index is 0.0593. The van der Waals surface area contributed by atoms with Crippen molar-refractivity contribution in [3.05, 3.63) is 36.3 Å². The molecule has 202 valence electrons. The molecule has 2 aliphatic heterocycles. The van der Waals surface area contributed by atoms with Crippen LogP contribution in [0.15, 0.2) is 30.5 Å². The van der Waals surface area contributed by atoms with Gasteiger partial charge in [0.05, 0.1) is 35.2 Å². The van der Waals surface area contributed by atoms with Crippen molar-refractivity contribution in [3.63, 3.8) is 0 Å². The highest BCUT2D eigenvalue weighted by Gasteiger charge is 2.51. The lowest BCUT2D eigenvalue weighted by Crippen LogP contribution is -2.52. The highest BCUT2D eigenvalue weighted by Crippen LogP contribution is 2.37. The molecule has 2 saturated heterocycles. The first-order chi connectivity index (χ1) is 17.5. The number of hydrogen-bond acceptors (Lipinski definition) is 6. The summed E-state index contributed by atoms with van der Waals surface area (Å²) in [6.07, 6.45) is 4.36. The molecule has 1 amide bonds. The van der Waals surface area contributed by atoms with Gasteiger partial charge in [0.1, 0.15) is 12.1 Å². The molecule has 8 nitrogen and oxygen atoms in total. The summed E-state index contributed by atoms with van der Waals surface area (Å²) >= 11 is 0. The van der Waals surface area contributed by atoms with Crippen LogP contribution in [-0.4, -0.2) is 65.0 Å². The van der Waals surface area contributed by atoms with E-state index >= 15 is 0 Å². The molecule has 2 aromatic rings. The summed E-state index contributed by atoms with van der Waals surface area (Å²) in [5, 5.41) is 3.41. The van der Waals surface area contributed by atoms with Crippen LogP contribution in [0.1, 0.15) is 79.6 Å². The minimum Gasteiger partial charge on any atom is -0.399 e. The fourth-order valence-corrected chi connectivity index (χ4v) is 5.05. The Morgan fingerprint density at radius 3 is 2.43 bits per heavy atom. The predicted molar refractivity (Wildman–Crippen MR) is 146 cm³/mol. The number of carbonyl (C=O) groups is 1. The molecular formula is C28H43BN4O4. The van der Waals surface area contributed by atoms with Crippen LogP contribution in [0.3, 0.4) is 0 Å². The van der Waals surface area contributed by atoms with Crippen molar-refractivity contribution in [2.24, 2.45) is 5.92 Å². The van der Waals surface area contributed by atoms with Crippen molar-refractivity contribution in [3.8, 4) is 11.3 Å². The Morgan fingerprint density at radius 2 is 1.86 bits per heavy atom. The maximum Gasteiger partial charge on any atom is 0.494 e. The topological polar surface area (TPSA) is 88.7 Å². The number of aromatic amines is 1. The minimum atomic E-state index is -0.387. The van der Waals surface area contributed by atoms with E-state index in [4.69, 9.17) is 19.0 Å². The third-order valence-electron chi connectivity index (χ3n) is 8.15. The molecule has 1 aromatic heterocycles. The second-order valence-corrected chi connectivity index (χ2v) is 11.6. The Hall–Kier alpha value is -2.20. The van der Waals surface area contributed by atoms with Crippen LogP contribution >= 0.6 is 0 Å². The molecular weight excluding hydrogens is 467 g/mol. The number of nitrogens with zero attached hydrogens (tertiary/aromatic N) is 2. The van der Waals surface area contributed by atoms with Gasteiger partial charge in [-0.15, -0.1) is 0 Å². The first-order valence-electron chi connectivity index (χ1n) is 13.6. The van der Waals surface area contributed by atoms with Crippen molar-refractivity contribution < 1.29 is 18.8 Å². The summed E-state index contributed by atoms with van der Waals surface area (Å²) in [5.41, 5.74) is 2.21. The van der Waals surface area contributed by atoms with E-state index in [2.05, 4.69) is 64.0 Å². The summed E-state index contributed by atoms with van der Waals surface area (Å²) in [5.74, 6) is 1.09. The second-order valence-electron chi connectivity index (χ2n) is 11.6. The molecule has 1 unspecified atom stereocenters. The van der Waals surface area contributed by atoms with Gasteiger partial charge in [-0.2, -0.15) is 0 Å². The lowest BCUT2D eigenvalue weighted by molar-refractivity contribution is -0.137. The number of ether oxygens (including phenoxy) is 1. The first-order valence-corrected chi connectivity index (χ1v) is 13.6. The molecule has 3 atom stereocenters. The van der Waals surface area contributed by atoms with Gasteiger partial charge in [-0.1, -0.05) is 45.0 Å². The average Bonchev–Trinajstić information content (AvgIpc) is 3.57. The number of amides is 1. The van der Waals surface area contributed by atoms with Crippen LogP contribution in [0.25, 0.3) is 11.3 Å². The molecule has 1 aromatic carbocycles. The SMILES string of the molecule is CCC(N[C@H](C(=O)N1CCC[C@H]1c1ncc(-c2ccc(B3OC(C)(C)C(C)(C)O3)cc2)[nH]1)C(C)C)OC. The van der Waals surface area contributed by atoms with Gasteiger partial charge in [0.25, 0.3) is 0 Å². The Morgan fingerprint density at radius 1 is 1.22 bits per heavy atom. The maximum absolute atomic E-state index is 13.6. The van der Waals surface area contributed by atoms with E-state index in [0.29, 0.717) is 0 Å². The Kier molecular flexibility index (Phi) is 8.19. The number of carbonyl (C=O) groups excluding carboxylic acids is 1. The fourth-order valence-electron chi connectivity index (χ4n) is 5.05. The van der Waals surface area contributed by atoms with Gasteiger partial charge in [-0.25, -0.2) is 4.98 Å².